The van der Waals surface area contributed by atoms with Crippen LogP contribution in [-0.4, -0.2) is 24.7 Å². The van der Waals surface area contributed by atoms with Crippen molar-refractivity contribution in [3.8, 4) is 5.75 Å². The Morgan fingerprint density at radius 1 is 1.08 bits per heavy atom. The summed E-state index contributed by atoms with van der Waals surface area (Å²) in [6, 6.07) is 4.87. The number of allylic oxidation sites excluding steroid dienone is 2. The van der Waals surface area contributed by atoms with Crippen LogP contribution in [0.3, 0.4) is 0 Å². The number of anilines is 1. The van der Waals surface area contributed by atoms with Crippen molar-refractivity contribution in [1.29, 1.82) is 0 Å². The van der Waals surface area contributed by atoms with E-state index in [9.17, 15) is 14.4 Å². The number of carbonyl (C=O) groups excluding carboxylic acids is 3. The largest absolute Gasteiger partial charge is 0.495 e. The summed E-state index contributed by atoms with van der Waals surface area (Å²) in [5, 5.41) is 0. The summed E-state index contributed by atoms with van der Waals surface area (Å²) in [4.78, 5) is 39.0. The van der Waals surface area contributed by atoms with Gasteiger partial charge in [-0.3, -0.25) is 14.4 Å². The van der Waals surface area contributed by atoms with Gasteiger partial charge in [-0.05, 0) is 49.8 Å². The average molecular weight is 325 g/mol. The number of Topliss-reactive ketones (excluding diaryl/α,β-unsaturated/α-hetero) is 1. The van der Waals surface area contributed by atoms with Crippen molar-refractivity contribution in [3.63, 3.8) is 0 Å². The van der Waals surface area contributed by atoms with Crippen molar-refractivity contribution in [1.82, 2.24) is 0 Å². The van der Waals surface area contributed by atoms with Crippen molar-refractivity contribution in [2.75, 3.05) is 12.0 Å². The smallest absolute Gasteiger partial charge is 0.238 e. The van der Waals surface area contributed by atoms with E-state index in [1.807, 2.05) is 0 Å². The summed E-state index contributed by atoms with van der Waals surface area (Å²) in [5.41, 5.74) is 0.844. The van der Waals surface area contributed by atoms with E-state index in [1.165, 1.54) is 18.9 Å². The third-order valence-electron chi connectivity index (χ3n) is 5.59. The van der Waals surface area contributed by atoms with Crippen LogP contribution in [0.2, 0.25) is 0 Å². The van der Waals surface area contributed by atoms with Gasteiger partial charge in [-0.25, -0.2) is 4.90 Å². The molecular formula is C19H19NO4. The molecule has 0 spiro atoms. The Hall–Kier alpha value is -2.43. The van der Waals surface area contributed by atoms with Crippen LogP contribution in [0, 0.1) is 23.7 Å². The number of fused-ring (bicyclic) bond motifs is 1. The predicted octanol–water partition coefficient (Wildman–Crippen LogP) is 2.60. The number of imide groups is 1. The summed E-state index contributed by atoms with van der Waals surface area (Å²) in [6.07, 6.45) is 6.10. The fourth-order valence-corrected chi connectivity index (χ4v) is 4.40. The van der Waals surface area contributed by atoms with E-state index in [1.54, 1.807) is 18.2 Å². The second-order valence-corrected chi connectivity index (χ2v) is 6.80. The molecule has 5 rings (SSSR count). The SMILES string of the molecule is COc1ccc(C(C)=O)cc1N1C(=O)[C@@H]2[C@@H](C1=O)[C@@H]1C=C[C@@H]2CC1. The van der Waals surface area contributed by atoms with E-state index in [0.717, 1.165) is 12.8 Å². The number of hydrogen-bond acceptors (Lipinski definition) is 4. The molecule has 1 aromatic rings. The standard InChI is InChI=1S/C19H19NO4/c1-10(21)13-7-8-15(24-2)14(9-13)20-18(22)16-11-3-4-12(6-5-11)17(16)19(20)23/h3-4,7-9,11-12,16-17H,5-6H2,1-2H3/t11-,12-,16+,17+/m1/s1. The fourth-order valence-electron chi connectivity index (χ4n) is 4.40. The molecule has 2 bridgehead atoms. The minimum atomic E-state index is -0.271. The van der Waals surface area contributed by atoms with Crippen molar-refractivity contribution >= 4 is 23.3 Å². The summed E-state index contributed by atoms with van der Waals surface area (Å²) in [6.45, 7) is 1.46. The molecule has 0 N–H and O–H groups in total. The first-order chi connectivity index (χ1) is 11.5. The zero-order chi connectivity index (χ0) is 17.0. The number of hydrogen-bond donors (Lipinski definition) is 0. The fraction of sp³-hybridized carbons (Fsp3) is 0.421. The van der Waals surface area contributed by atoms with E-state index in [2.05, 4.69) is 12.2 Å². The van der Waals surface area contributed by atoms with Gasteiger partial charge in [0.15, 0.2) is 5.78 Å². The lowest BCUT2D eigenvalue weighted by molar-refractivity contribution is -0.124. The van der Waals surface area contributed by atoms with Gasteiger partial charge in [0.25, 0.3) is 0 Å². The molecular weight excluding hydrogens is 306 g/mol. The molecule has 0 aromatic heterocycles. The van der Waals surface area contributed by atoms with Gasteiger partial charge >= 0.3 is 0 Å². The van der Waals surface area contributed by atoms with E-state index >= 15 is 0 Å². The van der Waals surface area contributed by atoms with Crippen molar-refractivity contribution in [3.05, 3.63) is 35.9 Å². The van der Waals surface area contributed by atoms with Gasteiger partial charge in [0.1, 0.15) is 5.75 Å². The van der Waals surface area contributed by atoms with Crippen LogP contribution in [0.1, 0.15) is 30.1 Å². The van der Waals surface area contributed by atoms with E-state index < -0.39 is 0 Å². The lowest BCUT2D eigenvalue weighted by Crippen LogP contribution is -2.38. The highest BCUT2D eigenvalue weighted by Crippen LogP contribution is 2.51. The van der Waals surface area contributed by atoms with Crippen molar-refractivity contribution in [2.24, 2.45) is 23.7 Å². The number of nitrogens with zero attached hydrogens (tertiary/aromatic N) is 1. The van der Waals surface area contributed by atoms with Crippen LogP contribution in [0.15, 0.2) is 30.4 Å². The van der Waals surface area contributed by atoms with Crippen molar-refractivity contribution in [2.45, 2.75) is 19.8 Å². The molecule has 0 radical (unpaired) electrons. The minimum Gasteiger partial charge on any atom is -0.495 e. The van der Waals surface area contributed by atoms with Crippen LogP contribution in [0.4, 0.5) is 5.69 Å². The third-order valence-corrected chi connectivity index (χ3v) is 5.59. The molecule has 1 aromatic carbocycles. The van der Waals surface area contributed by atoms with Crippen LogP contribution in [0.25, 0.3) is 0 Å². The first-order valence-electron chi connectivity index (χ1n) is 8.28. The molecule has 24 heavy (non-hydrogen) atoms. The van der Waals surface area contributed by atoms with Gasteiger partial charge in [-0.2, -0.15) is 0 Å². The zero-order valence-electron chi connectivity index (χ0n) is 13.7. The second-order valence-electron chi connectivity index (χ2n) is 6.80. The molecule has 1 aliphatic heterocycles. The Kier molecular flexibility index (Phi) is 3.34. The third kappa shape index (κ3) is 1.97. The Morgan fingerprint density at radius 3 is 2.12 bits per heavy atom. The minimum absolute atomic E-state index is 0.114. The Bertz CT molecular complexity index is 750. The molecule has 0 unspecified atom stereocenters. The second kappa shape index (κ2) is 5.30. The number of benzene rings is 1. The maximum Gasteiger partial charge on any atom is 0.238 e. The molecule has 2 fully saturated rings. The average Bonchev–Trinajstić information content (AvgIpc) is 2.88. The molecule has 1 saturated heterocycles. The van der Waals surface area contributed by atoms with Gasteiger partial charge in [0.05, 0.1) is 24.6 Å². The summed E-state index contributed by atoms with van der Waals surface area (Å²) in [7, 11) is 1.50. The maximum atomic E-state index is 13.0. The van der Waals surface area contributed by atoms with Crippen LogP contribution < -0.4 is 9.64 Å². The monoisotopic (exact) mass is 325 g/mol. The Morgan fingerprint density at radius 2 is 1.67 bits per heavy atom. The summed E-state index contributed by atoms with van der Waals surface area (Å²) < 4.78 is 5.34. The Labute approximate surface area is 140 Å². The van der Waals surface area contributed by atoms with Crippen LogP contribution in [-0.2, 0) is 9.59 Å². The predicted molar refractivity (Wildman–Crippen MR) is 87.8 cm³/mol. The van der Waals surface area contributed by atoms with E-state index in [0.29, 0.717) is 17.0 Å². The highest BCUT2D eigenvalue weighted by Gasteiger charge is 2.57. The normalized spacial score (nSPS) is 30.7. The lowest BCUT2D eigenvalue weighted by Gasteiger charge is -2.38. The van der Waals surface area contributed by atoms with Crippen LogP contribution >= 0.6 is 0 Å². The first-order valence-corrected chi connectivity index (χ1v) is 8.28. The summed E-state index contributed by atoms with van der Waals surface area (Å²) in [5.74, 6) is -0.269. The first kappa shape index (κ1) is 15.1. The number of amides is 2. The number of rotatable bonds is 3. The van der Waals surface area contributed by atoms with Gasteiger partial charge < -0.3 is 4.74 Å². The molecule has 1 heterocycles. The van der Waals surface area contributed by atoms with E-state index in [-0.39, 0.29) is 41.3 Å². The van der Waals surface area contributed by atoms with E-state index in [4.69, 9.17) is 4.74 Å². The molecule has 4 aliphatic rings. The Balaban J connectivity index is 1.80. The zero-order valence-corrected chi connectivity index (χ0v) is 13.7. The molecule has 124 valence electrons. The number of ketones is 1. The molecule has 3 aliphatic carbocycles. The highest BCUT2D eigenvalue weighted by molar-refractivity contribution is 6.23. The lowest BCUT2D eigenvalue weighted by atomic mass is 9.63. The highest BCUT2D eigenvalue weighted by atomic mass is 16.5. The van der Waals surface area contributed by atoms with Gasteiger partial charge in [0.2, 0.25) is 11.8 Å². The molecule has 1 saturated carbocycles. The molecule has 2 amide bonds. The van der Waals surface area contributed by atoms with Crippen LogP contribution in [0.5, 0.6) is 5.75 Å². The van der Waals surface area contributed by atoms with Gasteiger partial charge in [-0.15, -0.1) is 0 Å². The maximum absolute atomic E-state index is 13.0. The number of carbonyl (C=O) groups is 3. The molecule has 5 heteroatoms. The quantitative estimate of drug-likeness (QED) is 0.487. The number of methoxy groups -OCH3 is 1. The van der Waals surface area contributed by atoms with Gasteiger partial charge in [-0.1, -0.05) is 12.2 Å². The topological polar surface area (TPSA) is 63.7 Å². The summed E-state index contributed by atoms with van der Waals surface area (Å²) >= 11 is 0. The molecule has 5 nitrogen and oxygen atoms in total. The van der Waals surface area contributed by atoms with Crippen molar-refractivity contribution < 1.29 is 19.1 Å². The number of ether oxygens (including phenoxy) is 1. The molecule has 4 atom stereocenters. The van der Waals surface area contributed by atoms with Gasteiger partial charge in [0, 0.05) is 5.56 Å².